The molecule has 0 N–H and O–H groups in total. The monoisotopic (exact) mass is 296 g/mol. The van der Waals surface area contributed by atoms with Gasteiger partial charge in [0.2, 0.25) is 0 Å². The van der Waals surface area contributed by atoms with Crippen LogP contribution < -0.4 is 0 Å². The third-order valence-electron chi connectivity index (χ3n) is 3.65. The van der Waals surface area contributed by atoms with E-state index in [0.717, 1.165) is 36.4 Å². The lowest BCUT2D eigenvalue weighted by molar-refractivity contribution is -0.141. The van der Waals surface area contributed by atoms with Crippen molar-refractivity contribution >= 4 is 23.2 Å². The van der Waals surface area contributed by atoms with Crippen molar-refractivity contribution in [2.24, 2.45) is 0 Å². The van der Waals surface area contributed by atoms with Gasteiger partial charge in [-0.3, -0.25) is 9.59 Å². The second-order valence-electron chi connectivity index (χ2n) is 5.09. The van der Waals surface area contributed by atoms with E-state index in [-0.39, 0.29) is 24.5 Å². The first-order valence-electron chi connectivity index (χ1n) is 6.84. The number of thiazole rings is 1. The topological polar surface area (TPSA) is 59.5 Å². The van der Waals surface area contributed by atoms with Gasteiger partial charge in [0.1, 0.15) is 11.4 Å². The minimum atomic E-state index is -0.371. The van der Waals surface area contributed by atoms with Crippen molar-refractivity contribution in [2.45, 2.75) is 45.6 Å². The summed E-state index contributed by atoms with van der Waals surface area (Å²) in [5, 5.41) is 0.871. The molecule has 20 heavy (non-hydrogen) atoms. The molecule has 0 radical (unpaired) electrons. The average Bonchev–Trinajstić information content (AvgIpc) is 3.04. The first kappa shape index (κ1) is 15.0. The number of carbonyl (C=O) groups excluding carboxylic acids is 2. The highest BCUT2D eigenvalue weighted by Gasteiger charge is 2.31. The van der Waals surface area contributed by atoms with Crippen molar-refractivity contribution in [1.29, 1.82) is 0 Å². The zero-order chi connectivity index (χ0) is 14.7. The van der Waals surface area contributed by atoms with Crippen LogP contribution in [0.25, 0.3) is 0 Å². The molecule has 0 atom stereocenters. The zero-order valence-electron chi connectivity index (χ0n) is 12.1. The standard InChI is InChI=1S/C14H20N2O3S/c1-9-13(20-10(2)15-9)14(18)16(8-12(17)19-3)11-6-4-5-7-11/h11H,4-8H2,1-3H3. The van der Waals surface area contributed by atoms with Crippen molar-refractivity contribution in [3.63, 3.8) is 0 Å². The Morgan fingerprint density at radius 2 is 2.00 bits per heavy atom. The fraction of sp³-hybridized carbons (Fsp3) is 0.643. The molecule has 1 aliphatic rings. The fourth-order valence-electron chi connectivity index (χ4n) is 2.65. The van der Waals surface area contributed by atoms with Crippen molar-refractivity contribution < 1.29 is 14.3 Å². The molecule has 0 saturated heterocycles. The van der Waals surface area contributed by atoms with Gasteiger partial charge in [0, 0.05) is 6.04 Å². The predicted molar refractivity (Wildman–Crippen MR) is 76.9 cm³/mol. The quantitative estimate of drug-likeness (QED) is 0.800. The number of nitrogens with zero attached hydrogens (tertiary/aromatic N) is 2. The lowest BCUT2D eigenvalue weighted by atomic mass is 10.2. The van der Waals surface area contributed by atoms with E-state index < -0.39 is 0 Å². The maximum absolute atomic E-state index is 12.7. The van der Waals surface area contributed by atoms with Gasteiger partial charge in [-0.2, -0.15) is 0 Å². The number of amides is 1. The molecule has 0 spiro atoms. The summed E-state index contributed by atoms with van der Waals surface area (Å²) in [6, 6.07) is 0.142. The molecule has 110 valence electrons. The number of aryl methyl sites for hydroxylation is 2. The van der Waals surface area contributed by atoms with E-state index in [1.807, 2.05) is 13.8 Å². The van der Waals surface area contributed by atoms with Gasteiger partial charge >= 0.3 is 5.97 Å². The molecule has 1 aromatic rings. The van der Waals surface area contributed by atoms with Crippen LogP contribution in [0.4, 0.5) is 0 Å². The summed E-state index contributed by atoms with van der Waals surface area (Å²) in [4.78, 5) is 30.9. The molecule has 0 bridgehead atoms. The van der Waals surface area contributed by atoms with Gasteiger partial charge in [0.05, 0.1) is 17.8 Å². The van der Waals surface area contributed by atoms with Gasteiger partial charge in [0.15, 0.2) is 0 Å². The van der Waals surface area contributed by atoms with Crippen molar-refractivity contribution in [3.8, 4) is 0 Å². The molecule has 2 rings (SSSR count). The molecule has 0 aromatic carbocycles. The highest BCUT2D eigenvalue weighted by atomic mass is 32.1. The Hall–Kier alpha value is -1.43. The number of hydrogen-bond acceptors (Lipinski definition) is 5. The van der Waals surface area contributed by atoms with Crippen LogP contribution in [0, 0.1) is 13.8 Å². The molecule has 0 unspecified atom stereocenters. The summed E-state index contributed by atoms with van der Waals surface area (Å²) in [6.07, 6.45) is 4.13. The van der Waals surface area contributed by atoms with Crippen LogP contribution in [0.3, 0.4) is 0 Å². The van der Waals surface area contributed by atoms with E-state index in [1.165, 1.54) is 18.4 Å². The van der Waals surface area contributed by atoms with Gasteiger partial charge < -0.3 is 9.64 Å². The highest BCUT2D eigenvalue weighted by molar-refractivity contribution is 7.13. The molecule has 1 aromatic heterocycles. The van der Waals surface area contributed by atoms with Crippen LogP contribution in [0.1, 0.15) is 46.1 Å². The predicted octanol–water partition coefficient (Wildman–Crippen LogP) is 2.32. The Kier molecular flexibility index (Phi) is 4.75. The van der Waals surface area contributed by atoms with E-state index in [9.17, 15) is 9.59 Å². The normalized spacial score (nSPS) is 15.3. The van der Waals surface area contributed by atoms with Crippen LogP contribution in [0.2, 0.25) is 0 Å². The fourth-order valence-corrected chi connectivity index (χ4v) is 3.52. The minimum absolute atomic E-state index is 0.0242. The first-order chi connectivity index (χ1) is 9.52. The van der Waals surface area contributed by atoms with Gasteiger partial charge in [0.25, 0.3) is 5.91 Å². The van der Waals surface area contributed by atoms with E-state index in [1.54, 1.807) is 4.90 Å². The van der Waals surface area contributed by atoms with Crippen molar-refractivity contribution in [2.75, 3.05) is 13.7 Å². The Bertz CT molecular complexity index is 507. The molecule has 1 heterocycles. The van der Waals surface area contributed by atoms with Crippen LogP contribution in [0.15, 0.2) is 0 Å². The molecule has 5 nitrogen and oxygen atoms in total. The summed E-state index contributed by atoms with van der Waals surface area (Å²) in [5.74, 6) is -0.463. The third kappa shape index (κ3) is 3.17. The van der Waals surface area contributed by atoms with E-state index in [2.05, 4.69) is 4.98 Å². The molecular formula is C14H20N2O3S. The van der Waals surface area contributed by atoms with Crippen LogP contribution in [0.5, 0.6) is 0 Å². The number of esters is 1. The molecule has 1 fully saturated rings. The Balaban J connectivity index is 2.22. The molecule has 6 heteroatoms. The van der Waals surface area contributed by atoms with Gasteiger partial charge in [-0.1, -0.05) is 12.8 Å². The molecule has 1 saturated carbocycles. The second-order valence-corrected chi connectivity index (χ2v) is 6.30. The van der Waals surface area contributed by atoms with E-state index in [4.69, 9.17) is 4.74 Å². The summed E-state index contributed by atoms with van der Waals surface area (Å²) in [7, 11) is 1.35. The van der Waals surface area contributed by atoms with Crippen LogP contribution in [-0.4, -0.2) is 41.5 Å². The van der Waals surface area contributed by atoms with Crippen LogP contribution in [-0.2, 0) is 9.53 Å². The smallest absolute Gasteiger partial charge is 0.325 e. The summed E-state index contributed by atoms with van der Waals surface area (Å²) in [5.41, 5.74) is 0.741. The van der Waals surface area contributed by atoms with Gasteiger partial charge in [-0.15, -0.1) is 11.3 Å². The third-order valence-corrected chi connectivity index (χ3v) is 4.71. The number of methoxy groups -OCH3 is 1. The number of aromatic nitrogens is 1. The molecule has 1 aliphatic carbocycles. The maximum atomic E-state index is 12.7. The van der Waals surface area contributed by atoms with Crippen molar-refractivity contribution in [1.82, 2.24) is 9.88 Å². The molecule has 0 aliphatic heterocycles. The number of rotatable bonds is 4. The first-order valence-corrected chi connectivity index (χ1v) is 7.66. The van der Waals surface area contributed by atoms with Crippen LogP contribution >= 0.6 is 11.3 Å². The lowest BCUT2D eigenvalue weighted by Gasteiger charge is -2.27. The number of ether oxygens (including phenoxy) is 1. The van der Waals surface area contributed by atoms with Gasteiger partial charge in [-0.25, -0.2) is 4.98 Å². The van der Waals surface area contributed by atoms with Gasteiger partial charge in [-0.05, 0) is 26.7 Å². The summed E-state index contributed by atoms with van der Waals surface area (Å²) in [6.45, 7) is 3.74. The average molecular weight is 296 g/mol. The number of hydrogen-bond donors (Lipinski definition) is 0. The van der Waals surface area contributed by atoms with Crippen molar-refractivity contribution in [3.05, 3.63) is 15.6 Å². The summed E-state index contributed by atoms with van der Waals surface area (Å²) >= 11 is 1.39. The second kappa shape index (κ2) is 6.35. The Morgan fingerprint density at radius 1 is 1.35 bits per heavy atom. The zero-order valence-corrected chi connectivity index (χ0v) is 13.0. The molecular weight excluding hydrogens is 276 g/mol. The number of carbonyl (C=O) groups is 2. The Morgan fingerprint density at radius 3 is 2.50 bits per heavy atom. The maximum Gasteiger partial charge on any atom is 0.325 e. The molecule has 1 amide bonds. The van der Waals surface area contributed by atoms with E-state index >= 15 is 0 Å². The minimum Gasteiger partial charge on any atom is -0.468 e. The Labute approximate surface area is 122 Å². The largest absolute Gasteiger partial charge is 0.468 e. The highest BCUT2D eigenvalue weighted by Crippen LogP contribution is 2.27. The summed E-state index contributed by atoms with van der Waals surface area (Å²) < 4.78 is 4.72. The lowest BCUT2D eigenvalue weighted by Crippen LogP contribution is -2.42. The van der Waals surface area contributed by atoms with E-state index in [0.29, 0.717) is 4.88 Å². The SMILES string of the molecule is COC(=O)CN(C(=O)c1sc(C)nc1C)C1CCCC1.